The summed E-state index contributed by atoms with van der Waals surface area (Å²) in [6.07, 6.45) is 4.81. The predicted octanol–water partition coefficient (Wildman–Crippen LogP) is 4.30. The Labute approximate surface area is 249 Å². The Bertz CT molecular complexity index is 1460. The number of carbonyl (C=O) groups excluding carboxylic acids is 3. The summed E-state index contributed by atoms with van der Waals surface area (Å²) in [6.45, 7) is 3.88. The lowest BCUT2D eigenvalue weighted by Crippen LogP contribution is -2.47. The van der Waals surface area contributed by atoms with Crippen molar-refractivity contribution in [1.82, 2.24) is 9.69 Å². The Morgan fingerprint density at radius 2 is 1.62 bits per heavy atom. The number of carbonyl (C=O) groups is 3. The molecule has 224 valence electrons. The molecule has 11 nitrogen and oxygen atoms in total. The van der Waals surface area contributed by atoms with Crippen molar-refractivity contribution in [2.75, 3.05) is 32.0 Å². The molecule has 1 heterocycles. The van der Waals surface area contributed by atoms with Crippen LogP contribution in [0.4, 0.5) is 11.4 Å². The van der Waals surface area contributed by atoms with Gasteiger partial charge in [0.25, 0.3) is 11.8 Å². The number of nitrogens with zero attached hydrogens (tertiary/aromatic N) is 2. The van der Waals surface area contributed by atoms with Crippen molar-refractivity contribution in [2.45, 2.75) is 58.0 Å². The maximum atomic E-state index is 14.4. The van der Waals surface area contributed by atoms with Crippen LogP contribution < -0.4 is 35.9 Å². The SMILES string of the molecule is COc1cc(C(C(=O)NC2CCCCC2)N(C(=O)c2snc(C(N)=O)c2N)c2ccc(C)c(C)c2)cc(OC)c1OC. The number of rotatable bonds is 10. The number of aromatic nitrogens is 1. The molecule has 1 aromatic heterocycles. The van der Waals surface area contributed by atoms with Gasteiger partial charge in [0.2, 0.25) is 11.7 Å². The first-order valence-electron chi connectivity index (χ1n) is 13.7. The number of amides is 3. The number of primary amides is 1. The molecule has 3 amide bonds. The first kappa shape index (κ1) is 30.6. The molecule has 0 aliphatic heterocycles. The van der Waals surface area contributed by atoms with Gasteiger partial charge in [-0.25, -0.2) is 0 Å². The van der Waals surface area contributed by atoms with Crippen LogP contribution in [0.1, 0.15) is 75.0 Å². The fourth-order valence-electron chi connectivity index (χ4n) is 5.20. The molecule has 5 N–H and O–H groups in total. The Balaban J connectivity index is 1.96. The lowest BCUT2D eigenvalue weighted by atomic mass is 9.94. The zero-order chi connectivity index (χ0) is 30.6. The maximum absolute atomic E-state index is 14.4. The van der Waals surface area contributed by atoms with Crippen LogP contribution in [0, 0.1) is 13.8 Å². The molecule has 1 saturated carbocycles. The van der Waals surface area contributed by atoms with Crippen LogP contribution in [0.3, 0.4) is 0 Å². The number of hydrogen-bond acceptors (Lipinski definition) is 9. The van der Waals surface area contributed by atoms with Gasteiger partial charge in [-0.3, -0.25) is 19.3 Å². The minimum Gasteiger partial charge on any atom is -0.493 e. The number of ether oxygens (including phenoxy) is 3. The van der Waals surface area contributed by atoms with E-state index in [4.69, 9.17) is 25.7 Å². The highest BCUT2D eigenvalue weighted by Crippen LogP contribution is 2.42. The second-order valence-corrected chi connectivity index (χ2v) is 11.1. The number of benzene rings is 2. The third kappa shape index (κ3) is 6.13. The highest BCUT2D eigenvalue weighted by atomic mass is 32.1. The first-order chi connectivity index (χ1) is 20.1. The summed E-state index contributed by atoms with van der Waals surface area (Å²) >= 11 is 0.756. The Hall–Kier alpha value is -4.32. The smallest absolute Gasteiger partial charge is 0.273 e. The number of aryl methyl sites for hydroxylation is 2. The lowest BCUT2D eigenvalue weighted by Gasteiger charge is -2.34. The van der Waals surface area contributed by atoms with Crippen molar-refractivity contribution in [3.05, 3.63) is 57.6 Å². The van der Waals surface area contributed by atoms with E-state index in [1.165, 1.54) is 26.2 Å². The van der Waals surface area contributed by atoms with Crippen LogP contribution in [0.2, 0.25) is 0 Å². The maximum Gasteiger partial charge on any atom is 0.273 e. The molecule has 1 aliphatic rings. The minimum absolute atomic E-state index is 0.00932. The summed E-state index contributed by atoms with van der Waals surface area (Å²) in [5, 5.41) is 3.18. The van der Waals surface area contributed by atoms with Gasteiger partial charge in [-0.05, 0) is 79.2 Å². The molecular formula is C30H37N5O6S. The van der Waals surface area contributed by atoms with Crippen molar-refractivity contribution in [2.24, 2.45) is 5.73 Å². The predicted molar refractivity (Wildman–Crippen MR) is 162 cm³/mol. The van der Waals surface area contributed by atoms with E-state index in [1.54, 1.807) is 18.2 Å². The number of hydrogen-bond donors (Lipinski definition) is 3. The van der Waals surface area contributed by atoms with E-state index in [1.807, 2.05) is 26.0 Å². The Kier molecular flexibility index (Phi) is 9.56. The van der Waals surface area contributed by atoms with E-state index in [2.05, 4.69) is 9.69 Å². The van der Waals surface area contributed by atoms with Crippen LogP contribution >= 0.6 is 11.5 Å². The van der Waals surface area contributed by atoms with E-state index >= 15 is 0 Å². The first-order valence-corrected chi connectivity index (χ1v) is 14.4. The van der Waals surface area contributed by atoms with E-state index in [0.29, 0.717) is 28.5 Å². The van der Waals surface area contributed by atoms with Gasteiger partial charge in [-0.15, -0.1) is 0 Å². The van der Waals surface area contributed by atoms with Crippen molar-refractivity contribution in [3.63, 3.8) is 0 Å². The van der Waals surface area contributed by atoms with Gasteiger partial charge in [-0.1, -0.05) is 25.3 Å². The van der Waals surface area contributed by atoms with Crippen LogP contribution in [0.5, 0.6) is 17.2 Å². The molecule has 2 aromatic carbocycles. The molecule has 42 heavy (non-hydrogen) atoms. The van der Waals surface area contributed by atoms with Crippen LogP contribution in [0.25, 0.3) is 0 Å². The fourth-order valence-corrected chi connectivity index (χ4v) is 5.94. The summed E-state index contributed by atoms with van der Waals surface area (Å²) in [5.41, 5.74) is 14.1. The number of methoxy groups -OCH3 is 3. The Morgan fingerprint density at radius 3 is 2.14 bits per heavy atom. The summed E-state index contributed by atoms with van der Waals surface area (Å²) in [5.74, 6) is -0.862. The highest BCUT2D eigenvalue weighted by Gasteiger charge is 2.38. The molecule has 3 aromatic rings. The van der Waals surface area contributed by atoms with Gasteiger partial charge in [0.15, 0.2) is 17.2 Å². The van der Waals surface area contributed by atoms with E-state index < -0.39 is 17.9 Å². The van der Waals surface area contributed by atoms with Gasteiger partial charge in [-0.2, -0.15) is 4.37 Å². The van der Waals surface area contributed by atoms with Crippen molar-refractivity contribution < 1.29 is 28.6 Å². The summed E-state index contributed by atoms with van der Waals surface area (Å²) in [4.78, 5) is 42.1. The minimum atomic E-state index is -1.19. The zero-order valence-electron chi connectivity index (χ0n) is 24.5. The monoisotopic (exact) mass is 595 g/mol. The van der Waals surface area contributed by atoms with E-state index in [-0.39, 0.29) is 28.2 Å². The number of nitrogen functional groups attached to an aromatic ring is 1. The third-order valence-corrected chi connectivity index (χ3v) is 8.45. The van der Waals surface area contributed by atoms with Crippen LogP contribution in [-0.4, -0.2) is 49.5 Å². The van der Waals surface area contributed by atoms with Gasteiger partial charge < -0.3 is 31.0 Å². The van der Waals surface area contributed by atoms with Gasteiger partial charge >= 0.3 is 0 Å². The standard InChI is InChI=1S/C30H37N5O6S/c1-16-11-12-20(13-17(16)2)35(30(38)27-23(31)24(28(32)36)34-42-27)25(29(37)33-19-9-7-6-8-10-19)18-14-21(39-3)26(41-5)22(15-18)40-4/h11-15,19,25H,6-10,31H2,1-5H3,(H2,32,36)(H,33,37). The molecule has 0 bridgehead atoms. The van der Waals surface area contributed by atoms with Crippen LogP contribution in [0.15, 0.2) is 30.3 Å². The van der Waals surface area contributed by atoms with Gasteiger partial charge in [0, 0.05) is 11.7 Å². The molecular weight excluding hydrogens is 558 g/mol. The molecule has 4 rings (SSSR count). The quantitative estimate of drug-likeness (QED) is 0.313. The average molecular weight is 596 g/mol. The molecule has 1 fully saturated rings. The highest BCUT2D eigenvalue weighted by molar-refractivity contribution is 7.09. The molecule has 1 unspecified atom stereocenters. The summed E-state index contributed by atoms with van der Waals surface area (Å²) in [7, 11) is 4.45. The van der Waals surface area contributed by atoms with Crippen molar-refractivity contribution >= 4 is 40.6 Å². The molecule has 12 heteroatoms. The number of nitrogens with one attached hydrogen (secondary N) is 1. The average Bonchev–Trinajstić information content (AvgIpc) is 3.38. The lowest BCUT2D eigenvalue weighted by molar-refractivity contribution is -0.123. The topological polar surface area (TPSA) is 159 Å². The Morgan fingerprint density at radius 1 is 0.976 bits per heavy atom. The normalized spacial score (nSPS) is 14.1. The number of anilines is 2. The molecule has 1 atom stereocenters. The van der Waals surface area contributed by atoms with Gasteiger partial charge in [0.05, 0.1) is 27.0 Å². The van der Waals surface area contributed by atoms with Crippen LogP contribution in [-0.2, 0) is 4.79 Å². The molecule has 1 aliphatic carbocycles. The molecule has 0 spiro atoms. The van der Waals surface area contributed by atoms with Gasteiger partial charge in [0.1, 0.15) is 10.9 Å². The zero-order valence-corrected chi connectivity index (χ0v) is 25.3. The van der Waals surface area contributed by atoms with Crippen molar-refractivity contribution in [3.8, 4) is 17.2 Å². The summed E-state index contributed by atoms with van der Waals surface area (Å²) in [6, 6.07) is 7.55. The summed E-state index contributed by atoms with van der Waals surface area (Å²) < 4.78 is 20.7. The largest absolute Gasteiger partial charge is 0.493 e. The number of nitrogens with two attached hydrogens (primary N) is 2. The van der Waals surface area contributed by atoms with E-state index in [0.717, 1.165) is 54.8 Å². The third-order valence-electron chi connectivity index (χ3n) is 7.60. The second kappa shape index (κ2) is 13.1. The van der Waals surface area contributed by atoms with Crippen molar-refractivity contribution in [1.29, 1.82) is 0 Å². The second-order valence-electron chi connectivity index (χ2n) is 10.3. The molecule has 0 saturated heterocycles. The fraction of sp³-hybridized carbons (Fsp3) is 0.400. The van der Waals surface area contributed by atoms with E-state index in [9.17, 15) is 14.4 Å². The molecule has 0 radical (unpaired) electrons.